The summed E-state index contributed by atoms with van der Waals surface area (Å²) in [6.07, 6.45) is 1.99. The Hall–Kier alpha value is -1.04. The van der Waals surface area contributed by atoms with Crippen molar-refractivity contribution in [2.24, 2.45) is 5.73 Å². The van der Waals surface area contributed by atoms with Crippen LogP contribution in [0.1, 0.15) is 25.5 Å². The topological polar surface area (TPSA) is 57.4 Å². The first-order chi connectivity index (χ1) is 7.70. The third kappa shape index (κ3) is 3.23. The molecule has 0 saturated heterocycles. The van der Waals surface area contributed by atoms with Gasteiger partial charge in [0.05, 0.1) is 12.2 Å². The summed E-state index contributed by atoms with van der Waals surface area (Å²) in [5, 5.41) is 0. The molecule has 1 atom stereocenters. The predicted octanol–water partition coefficient (Wildman–Crippen LogP) is 1.62. The first-order valence-electron chi connectivity index (χ1n) is 5.28. The van der Waals surface area contributed by atoms with Gasteiger partial charge in [0.15, 0.2) is 6.29 Å². The number of nitrogens with zero attached hydrogens (tertiary/aromatic N) is 1. The van der Waals surface area contributed by atoms with Crippen LogP contribution in [0.5, 0.6) is 0 Å². The molecule has 0 radical (unpaired) electrons. The molecule has 0 aliphatic carbocycles. The smallest absolute Gasteiger partial charge is 0.176 e. The van der Waals surface area contributed by atoms with Gasteiger partial charge in [-0.3, -0.25) is 4.98 Å². The van der Waals surface area contributed by atoms with Crippen molar-refractivity contribution in [3.05, 3.63) is 29.8 Å². The third-order valence-electron chi connectivity index (χ3n) is 2.12. The van der Waals surface area contributed by atoms with Crippen molar-refractivity contribution in [1.82, 2.24) is 4.98 Å². The lowest BCUT2D eigenvalue weighted by Crippen LogP contribution is -2.32. The first-order valence-corrected chi connectivity index (χ1v) is 5.28. The molecule has 0 aliphatic rings. The van der Waals surface area contributed by atoms with E-state index in [1.807, 2.05) is 13.8 Å². The van der Waals surface area contributed by atoms with E-state index in [9.17, 15) is 4.39 Å². The van der Waals surface area contributed by atoms with Crippen LogP contribution < -0.4 is 5.73 Å². The molecule has 0 saturated carbocycles. The van der Waals surface area contributed by atoms with Gasteiger partial charge in [0.25, 0.3) is 0 Å². The van der Waals surface area contributed by atoms with Crippen molar-refractivity contribution in [2.75, 3.05) is 13.2 Å². The molecule has 5 heteroatoms. The Balaban J connectivity index is 2.81. The maximum Gasteiger partial charge on any atom is 0.176 e. The van der Waals surface area contributed by atoms with Gasteiger partial charge in [-0.2, -0.15) is 0 Å². The Labute approximate surface area is 94.6 Å². The lowest BCUT2D eigenvalue weighted by molar-refractivity contribution is -0.149. The van der Waals surface area contributed by atoms with E-state index in [0.717, 1.165) is 6.20 Å². The molecule has 0 fully saturated rings. The number of pyridine rings is 1. The van der Waals surface area contributed by atoms with Crippen molar-refractivity contribution in [1.29, 1.82) is 0 Å². The van der Waals surface area contributed by atoms with Crippen LogP contribution in [-0.2, 0) is 9.47 Å². The van der Waals surface area contributed by atoms with Crippen LogP contribution in [0.25, 0.3) is 0 Å². The Morgan fingerprint density at radius 1 is 1.38 bits per heavy atom. The summed E-state index contributed by atoms with van der Waals surface area (Å²) in [5.41, 5.74) is 6.24. The second kappa shape index (κ2) is 6.52. The van der Waals surface area contributed by atoms with E-state index in [-0.39, 0.29) is 0 Å². The van der Waals surface area contributed by atoms with Gasteiger partial charge < -0.3 is 15.2 Å². The minimum absolute atomic E-state index is 0.349. The monoisotopic (exact) mass is 228 g/mol. The van der Waals surface area contributed by atoms with E-state index >= 15 is 0 Å². The summed E-state index contributed by atoms with van der Waals surface area (Å²) in [4.78, 5) is 3.67. The van der Waals surface area contributed by atoms with E-state index in [1.54, 1.807) is 0 Å². The third-order valence-corrected chi connectivity index (χ3v) is 2.12. The standard InChI is InChI=1S/C11H17FN2O2/c1-3-15-11(16-4-2)10(13)8-5-6-14-7-9(8)12/h5-7,10-11H,3-4,13H2,1-2H3. The zero-order valence-electron chi connectivity index (χ0n) is 9.52. The van der Waals surface area contributed by atoms with Crippen LogP contribution in [0.15, 0.2) is 18.5 Å². The average molecular weight is 228 g/mol. The summed E-state index contributed by atoms with van der Waals surface area (Å²) < 4.78 is 24.1. The van der Waals surface area contributed by atoms with Crippen LogP contribution in [-0.4, -0.2) is 24.5 Å². The molecule has 1 rings (SSSR count). The van der Waals surface area contributed by atoms with Gasteiger partial charge in [-0.25, -0.2) is 4.39 Å². The van der Waals surface area contributed by atoms with Gasteiger partial charge in [0, 0.05) is 25.0 Å². The van der Waals surface area contributed by atoms with Crippen molar-refractivity contribution in [2.45, 2.75) is 26.2 Å². The molecule has 16 heavy (non-hydrogen) atoms. The largest absolute Gasteiger partial charge is 0.351 e. The fourth-order valence-corrected chi connectivity index (χ4v) is 1.39. The van der Waals surface area contributed by atoms with E-state index in [4.69, 9.17) is 15.2 Å². The summed E-state index contributed by atoms with van der Waals surface area (Å²) in [6, 6.07) is 0.883. The number of hydrogen-bond donors (Lipinski definition) is 1. The lowest BCUT2D eigenvalue weighted by Gasteiger charge is -2.23. The van der Waals surface area contributed by atoms with Crippen LogP contribution in [0.3, 0.4) is 0 Å². The molecular weight excluding hydrogens is 211 g/mol. The molecule has 1 unspecified atom stereocenters. The Morgan fingerprint density at radius 3 is 2.50 bits per heavy atom. The van der Waals surface area contributed by atoms with Gasteiger partial charge in [-0.15, -0.1) is 0 Å². The van der Waals surface area contributed by atoms with E-state index in [0.29, 0.717) is 18.8 Å². The highest BCUT2D eigenvalue weighted by Crippen LogP contribution is 2.19. The number of rotatable bonds is 6. The predicted molar refractivity (Wildman–Crippen MR) is 58.2 cm³/mol. The molecule has 0 amide bonds. The lowest BCUT2D eigenvalue weighted by atomic mass is 10.1. The highest BCUT2D eigenvalue weighted by atomic mass is 19.1. The molecule has 0 bridgehead atoms. The SMILES string of the molecule is CCOC(OCC)C(N)c1ccncc1F. The minimum atomic E-state index is -0.650. The Morgan fingerprint density at radius 2 is 2.00 bits per heavy atom. The van der Waals surface area contributed by atoms with Crippen molar-refractivity contribution < 1.29 is 13.9 Å². The highest BCUT2D eigenvalue weighted by Gasteiger charge is 2.22. The molecular formula is C11H17FN2O2. The van der Waals surface area contributed by atoms with Crippen LogP contribution >= 0.6 is 0 Å². The van der Waals surface area contributed by atoms with Crippen molar-refractivity contribution >= 4 is 0 Å². The number of aromatic nitrogens is 1. The first kappa shape index (κ1) is 13.0. The zero-order valence-corrected chi connectivity index (χ0v) is 9.52. The summed E-state index contributed by atoms with van der Waals surface area (Å²) in [7, 11) is 0. The van der Waals surface area contributed by atoms with Gasteiger partial charge in [0.2, 0.25) is 0 Å². The summed E-state index contributed by atoms with van der Waals surface area (Å²) in [5.74, 6) is -0.445. The molecule has 1 aromatic rings. The summed E-state index contributed by atoms with van der Waals surface area (Å²) in [6.45, 7) is 4.60. The van der Waals surface area contributed by atoms with E-state index in [2.05, 4.69) is 4.98 Å². The van der Waals surface area contributed by atoms with Gasteiger partial charge in [-0.05, 0) is 19.9 Å². The number of nitrogens with two attached hydrogens (primary N) is 1. The van der Waals surface area contributed by atoms with Gasteiger partial charge in [0.1, 0.15) is 5.82 Å². The van der Waals surface area contributed by atoms with Crippen molar-refractivity contribution in [3.63, 3.8) is 0 Å². The second-order valence-electron chi connectivity index (χ2n) is 3.20. The Kier molecular flexibility index (Phi) is 5.31. The molecule has 0 aromatic carbocycles. The maximum atomic E-state index is 13.4. The normalized spacial score (nSPS) is 13.1. The average Bonchev–Trinajstić information content (AvgIpc) is 2.28. The molecule has 90 valence electrons. The van der Waals surface area contributed by atoms with Gasteiger partial charge in [-0.1, -0.05) is 0 Å². The molecule has 1 heterocycles. The molecule has 0 spiro atoms. The van der Waals surface area contributed by atoms with Crippen LogP contribution in [0.2, 0.25) is 0 Å². The molecule has 2 N–H and O–H groups in total. The Bertz CT molecular complexity index is 317. The molecule has 0 aliphatic heterocycles. The second-order valence-corrected chi connectivity index (χ2v) is 3.20. The van der Waals surface area contributed by atoms with Crippen LogP contribution in [0, 0.1) is 5.82 Å². The number of hydrogen-bond acceptors (Lipinski definition) is 4. The quantitative estimate of drug-likeness (QED) is 0.752. The van der Waals surface area contributed by atoms with E-state index in [1.165, 1.54) is 12.3 Å². The summed E-state index contributed by atoms with van der Waals surface area (Å²) >= 11 is 0. The van der Waals surface area contributed by atoms with E-state index < -0.39 is 18.1 Å². The zero-order chi connectivity index (χ0) is 12.0. The number of halogens is 1. The molecule has 4 nitrogen and oxygen atoms in total. The molecule has 1 aromatic heterocycles. The van der Waals surface area contributed by atoms with Gasteiger partial charge >= 0.3 is 0 Å². The maximum absolute atomic E-state index is 13.4. The fraction of sp³-hybridized carbons (Fsp3) is 0.545. The van der Waals surface area contributed by atoms with Crippen LogP contribution in [0.4, 0.5) is 4.39 Å². The number of ether oxygens (including phenoxy) is 2. The minimum Gasteiger partial charge on any atom is -0.351 e. The highest BCUT2D eigenvalue weighted by molar-refractivity contribution is 5.17. The fourth-order valence-electron chi connectivity index (χ4n) is 1.39. The van der Waals surface area contributed by atoms with Crippen molar-refractivity contribution in [3.8, 4) is 0 Å².